The Morgan fingerprint density at radius 2 is 1.80 bits per heavy atom. The largest absolute Gasteiger partial charge is 0.496 e. The molecule has 102 valence electrons. The van der Waals surface area contributed by atoms with Gasteiger partial charge in [0.15, 0.2) is 5.78 Å². The number of carbonyl (C=O) groups excluding carboxylic acids is 1. The molecule has 0 amide bonds. The van der Waals surface area contributed by atoms with E-state index >= 15 is 0 Å². The average Bonchev–Trinajstić information content (AvgIpc) is 2.48. The van der Waals surface area contributed by atoms with E-state index in [-0.39, 0.29) is 17.9 Å². The van der Waals surface area contributed by atoms with Crippen LogP contribution in [0.4, 0.5) is 5.69 Å². The van der Waals surface area contributed by atoms with Gasteiger partial charge in [0, 0.05) is 29.7 Å². The van der Waals surface area contributed by atoms with Crippen LogP contribution >= 0.6 is 0 Å². The number of nitrogens with zero attached hydrogens (tertiary/aromatic N) is 1. The molecular weight excluding hydrogens is 258 g/mol. The average molecular weight is 271 g/mol. The molecule has 0 aromatic heterocycles. The van der Waals surface area contributed by atoms with E-state index in [0.717, 1.165) is 5.56 Å². The second kappa shape index (κ2) is 5.97. The zero-order valence-electron chi connectivity index (χ0n) is 10.9. The van der Waals surface area contributed by atoms with Crippen LogP contribution in [0.2, 0.25) is 0 Å². The molecule has 0 N–H and O–H groups in total. The van der Waals surface area contributed by atoms with Crippen molar-refractivity contribution in [3.63, 3.8) is 0 Å². The predicted octanol–water partition coefficient (Wildman–Crippen LogP) is 3.03. The van der Waals surface area contributed by atoms with Gasteiger partial charge in [0.2, 0.25) is 0 Å². The number of hydrogen-bond donors (Lipinski definition) is 0. The molecule has 0 aliphatic rings. The first-order valence-electron chi connectivity index (χ1n) is 6.01. The monoisotopic (exact) mass is 271 g/mol. The summed E-state index contributed by atoms with van der Waals surface area (Å²) in [7, 11) is 1.55. The lowest BCUT2D eigenvalue weighted by atomic mass is 10.0. The van der Waals surface area contributed by atoms with Crippen LogP contribution < -0.4 is 4.74 Å². The third-order valence-electron chi connectivity index (χ3n) is 2.94. The number of nitro groups is 1. The van der Waals surface area contributed by atoms with Crippen molar-refractivity contribution in [2.45, 2.75) is 6.42 Å². The first-order chi connectivity index (χ1) is 9.61. The number of methoxy groups -OCH3 is 1. The van der Waals surface area contributed by atoms with Crippen molar-refractivity contribution in [2.75, 3.05) is 7.11 Å². The summed E-state index contributed by atoms with van der Waals surface area (Å²) in [6, 6.07) is 12.9. The van der Waals surface area contributed by atoms with E-state index in [9.17, 15) is 14.9 Å². The minimum atomic E-state index is -0.492. The maximum absolute atomic E-state index is 12.1. The first kappa shape index (κ1) is 13.7. The highest BCUT2D eigenvalue weighted by molar-refractivity contribution is 5.98. The van der Waals surface area contributed by atoms with Gasteiger partial charge in [-0.2, -0.15) is 0 Å². The number of nitro benzene ring substituents is 1. The van der Waals surface area contributed by atoms with Crippen molar-refractivity contribution in [2.24, 2.45) is 0 Å². The van der Waals surface area contributed by atoms with Gasteiger partial charge in [-0.15, -0.1) is 0 Å². The summed E-state index contributed by atoms with van der Waals surface area (Å²) in [4.78, 5) is 22.2. The molecule has 0 spiro atoms. The Kier molecular flexibility index (Phi) is 4.10. The van der Waals surface area contributed by atoms with Crippen molar-refractivity contribution in [3.8, 4) is 5.75 Å². The molecule has 20 heavy (non-hydrogen) atoms. The summed E-state index contributed by atoms with van der Waals surface area (Å²) >= 11 is 0. The van der Waals surface area contributed by atoms with Crippen molar-refractivity contribution >= 4 is 11.5 Å². The van der Waals surface area contributed by atoms with Gasteiger partial charge < -0.3 is 4.74 Å². The van der Waals surface area contributed by atoms with Crippen molar-refractivity contribution in [1.29, 1.82) is 0 Å². The predicted molar refractivity (Wildman–Crippen MR) is 74.1 cm³/mol. The molecule has 0 atom stereocenters. The number of hydrogen-bond acceptors (Lipinski definition) is 4. The minimum absolute atomic E-state index is 0.0289. The van der Waals surface area contributed by atoms with Gasteiger partial charge in [-0.3, -0.25) is 14.9 Å². The van der Waals surface area contributed by atoms with Crippen LogP contribution in [-0.4, -0.2) is 17.8 Å². The van der Waals surface area contributed by atoms with E-state index in [1.165, 1.54) is 24.3 Å². The number of Topliss-reactive ketones (excluding diaryl/α,β-unsaturated/α-hetero) is 1. The molecule has 0 aliphatic heterocycles. The highest BCUT2D eigenvalue weighted by Crippen LogP contribution is 2.20. The molecule has 2 aromatic rings. The Balaban J connectivity index is 2.17. The van der Waals surface area contributed by atoms with Crippen molar-refractivity contribution in [1.82, 2.24) is 0 Å². The molecule has 0 unspecified atom stereocenters. The number of ether oxygens (including phenoxy) is 1. The maximum Gasteiger partial charge on any atom is 0.269 e. The minimum Gasteiger partial charge on any atom is -0.496 e. The zero-order valence-corrected chi connectivity index (χ0v) is 10.9. The summed E-state index contributed by atoms with van der Waals surface area (Å²) in [5, 5.41) is 10.6. The van der Waals surface area contributed by atoms with Crippen LogP contribution in [0.1, 0.15) is 15.9 Å². The van der Waals surface area contributed by atoms with Crippen LogP contribution in [-0.2, 0) is 6.42 Å². The van der Waals surface area contributed by atoms with E-state index < -0.39 is 4.92 Å². The Hall–Kier alpha value is -2.69. The van der Waals surface area contributed by atoms with Gasteiger partial charge in [0.25, 0.3) is 5.69 Å². The highest BCUT2D eigenvalue weighted by atomic mass is 16.6. The van der Waals surface area contributed by atoms with E-state index in [4.69, 9.17) is 4.74 Å². The Morgan fingerprint density at radius 3 is 2.40 bits per heavy atom. The second-order valence-corrected chi connectivity index (χ2v) is 4.22. The standard InChI is InChI=1S/C15H13NO4/c1-20-15-5-3-2-4-12(15)10-14(17)11-6-8-13(9-7-11)16(18)19/h2-9H,10H2,1H3. The van der Waals surface area contributed by atoms with Crippen molar-refractivity contribution in [3.05, 3.63) is 69.8 Å². The molecule has 5 heteroatoms. The smallest absolute Gasteiger partial charge is 0.269 e. The van der Waals surface area contributed by atoms with Gasteiger partial charge in [-0.1, -0.05) is 18.2 Å². The zero-order chi connectivity index (χ0) is 14.5. The molecule has 0 saturated heterocycles. The molecule has 2 aromatic carbocycles. The van der Waals surface area contributed by atoms with E-state index in [0.29, 0.717) is 11.3 Å². The van der Waals surface area contributed by atoms with E-state index in [1.807, 2.05) is 18.2 Å². The summed E-state index contributed by atoms with van der Waals surface area (Å²) < 4.78 is 5.19. The summed E-state index contributed by atoms with van der Waals surface area (Å²) in [6.07, 6.45) is 0.196. The lowest BCUT2D eigenvalue weighted by molar-refractivity contribution is -0.384. The van der Waals surface area contributed by atoms with E-state index in [2.05, 4.69) is 0 Å². The molecule has 2 rings (SSSR count). The maximum atomic E-state index is 12.1. The molecular formula is C15H13NO4. The third-order valence-corrected chi connectivity index (χ3v) is 2.94. The molecule has 0 radical (unpaired) electrons. The van der Waals surface area contributed by atoms with Crippen LogP contribution in [0.25, 0.3) is 0 Å². The number of carbonyl (C=O) groups is 1. The topological polar surface area (TPSA) is 69.4 Å². The SMILES string of the molecule is COc1ccccc1CC(=O)c1ccc([N+](=O)[O-])cc1. The first-order valence-corrected chi connectivity index (χ1v) is 6.01. The number of benzene rings is 2. The molecule has 0 bridgehead atoms. The lowest BCUT2D eigenvalue weighted by Gasteiger charge is -2.07. The van der Waals surface area contributed by atoms with Gasteiger partial charge in [0.1, 0.15) is 5.75 Å². The van der Waals surface area contributed by atoms with Crippen LogP contribution in [0.3, 0.4) is 0 Å². The number of rotatable bonds is 5. The van der Waals surface area contributed by atoms with Gasteiger partial charge in [-0.25, -0.2) is 0 Å². The number of ketones is 1. The normalized spacial score (nSPS) is 10.1. The van der Waals surface area contributed by atoms with Gasteiger partial charge >= 0.3 is 0 Å². The fourth-order valence-electron chi connectivity index (χ4n) is 1.89. The quantitative estimate of drug-likeness (QED) is 0.476. The number of non-ortho nitro benzene ring substituents is 1. The fraction of sp³-hybridized carbons (Fsp3) is 0.133. The Morgan fingerprint density at radius 1 is 1.15 bits per heavy atom. The Labute approximate surface area is 116 Å². The molecule has 0 fully saturated rings. The highest BCUT2D eigenvalue weighted by Gasteiger charge is 2.12. The summed E-state index contributed by atoms with van der Waals surface area (Å²) in [6.45, 7) is 0. The second-order valence-electron chi connectivity index (χ2n) is 4.22. The molecule has 0 aliphatic carbocycles. The summed E-state index contributed by atoms with van der Waals surface area (Å²) in [5.41, 5.74) is 1.21. The van der Waals surface area contributed by atoms with Crippen LogP contribution in [0.15, 0.2) is 48.5 Å². The summed E-state index contributed by atoms with van der Waals surface area (Å²) in [5.74, 6) is 0.548. The lowest BCUT2D eigenvalue weighted by Crippen LogP contribution is -2.05. The van der Waals surface area contributed by atoms with E-state index in [1.54, 1.807) is 13.2 Å². The third kappa shape index (κ3) is 3.00. The number of para-hydroxylation sites is 1. The molecule has 0 saturated carbocycles. The van der Waals surface area contributed by atoms with Gasteiger partial charge in [0.05, 0.1) is 12.0 Å². The fourth-order valence-corrected chi connectivity index (χ4v) is 1.89. The van der Waals surface area contributed by atoms with Crippen LogP contribution in [0, 0.1) is 10.1 Å². The Bertz CT molecular complexity index is 635. The molecule has 0 heterocycles. The van der Waals surface area contributed by atoms with Crippen LogP contribution in [0.5, 0.6) is 5.75 Å². The van der Waals surface area contributed by atoms with Crippen molar-refractivity contribution < 1.29 is 14.5 Å². The van der Waals surface area contributed by atoms with Gasteiger partial charge in [-0.05, 0) is 18.2 Å². The molecule has 5 nitrogen and oxygen atoms in total.